The molecule has 0 spiro atoms. The summed E-state index contributed by atoms with van der Waals surface area (Å²) in [6, 6.07) is 11.1. The Bertz CT molecular complexity index is 604. The largest absolute Gasteiger partial charge is 0.314 e. The smallest absolute Gasteiger partial charge is 0.256 e. The van der Waals surface area contributed by atoms with E-state index in [4.69, 9.17) is 0 Å². The quantitative estimate of drug-likeness (QED) is 0.815. The number of hydroxylamine groups is 1. The molecular formula is C17H20N2O2S. The van der Waals surface area contributed by atoms with Crippen molar-refractivity contribution in [3.8, 4) is 0 Å². The first kappa shape index (κ1) is 15.1. The number of carbonyl (C=O) groups is 1. The fourth-order valence-corrected chi connectivity index (χ4v) is 3.45. The maximum Gasteiger partial charge on any atom is 0.256 e. The highest BCUT2D eigenvalue weighted by molar-refractivity contribution is 7.14. The van der Waals surface area contributed by atoms with Crippen LogP contribution >= 0.6 is 11.3 Å². The number of carbonyl (C=O) groups excluding carboxylic acids is 1. The Hall–Kier alpha value is -1.85. The van der Waals surface area contributed by atoms with Gasteiger partial charge < -0.3 is 5.32 Å². The Morgan fingerprint density at radius 2 is 1.86 bits per heavy atom. The second-order valence-electron chi connectivity index (χ2n) is 5.61. The van der Waals surface area contributed by atoms with E-state index in [1.165, 1.54) is 35.7 Å². The van der Waals surface area contributed by atoms with Crippen molar-refractivity contribution < 1.29 is 10.0 Å². The maximum absolute atomic E-state index is 12.1. The van der Waals surface area contributed by atoms with E-state index >= 15 is 0 Å². The van der Waals surface area contributed by atoms with Gasteiger partial charge in [-0.15, -0.1) is 11.3 Å². The maximum atomic E-state index is 12.1. The molecule has 2 aromatic rings. The van der Waals surface area contributed by atoms with Crippen LogP contribution in [0, 0.1) is 0 Å². The van der Waals surface area contributed by atoms with E-state index in [1.54, 1.807) is 24.3 Å². The lowest BCUT2D eigenvalue weighted by molar-refractivity contribution is 0.102. The van der Waals surface area contributed by atoms with Gasteiger partial charge in [-0.3, -0.25) is 15.1 Å². The van der Waals surface area contributed by atoms with Crippen LogP contribution < -0.4 is 10.4 Å². The van der Waals surface area contributed by atoms with Crippen molar-refractivity contribution in [2.75, 3.05) is 10.4 Å². The first-order chi connectivity index (χ1) is 10.7. The third-order valence-corrected chi connectivity index (χ3v) is 4.86. The molecule has 3 rings (SSSR count). The first-order valence-electron chi connectivity index (χ1n) is 7.67. The van der Waals surface area contributed by atoms with Gasteiger partial charge in [0.15, 0.2) is 0 Å². The number of benzene rings is 1. The fraction of sp³-hybridized carbons (Fsp3) is 0.353. The lowest BCUT2D eigenvalue weighted by Gasteiger charge is -2.30. The van der Waals surface area contributed by atoms with Gasteiger partial charge in [-0.25, -0.2) is 0 Å². The van der Waals surface area contributed by atoms with Gasteiger partial charge in [0, 0.05) is 5.56 Å². The number of rotatable bonds is 4. The highest BCUT2D eigenvalue weighted by atomic mass is 32.1. The predicted molar refractivity (Wildman–Crippen MR) is 89.9 cm³/mol. The molecule has 1 aromatic heterocycles. The van der Waals surface area contributed by atoms with Gasteiger partial charge in [-0.05, 0) is 54.6 Å². The van der Waals surface area contributed by atoms with Crippen molar-refractivity contribution >= 4 is 27.9 Å². The van der Waals surface area contributed by atoms with Crippen molar-refractivity contribution in [1.29, 1.82) is 0 Å². The third-order valence-electron chi connectivity index (χ3n) is 4.07. The molecule has 1 aliphatic rings. The summed E-state index contributed by atoms with van der Waals surface area (Å²) in [7, 11) is 0. The molecule has 0 radical (unpaired) electrons. The minimum absolute atomic E-state index is 0.129. The summed E-state index contributed by atoms with van der Waals surface area (Å²) in [6.07, 6.45) is 5.65. The molecule has 0 bridgehead atoms. The summed E-state index contributed by atoms with van der Waals surface area (Å²) in [6.45, 7) is 0. The molecular weight excluding hydrogens is 296 g/mol. The molecule has 1 aromatic carbocycles. The van der Waals surface area contributed by atoms with Crippen molar-refractivity contribution in [2.24, 2.45) is 0 Å². The minimum atomic E-state index is -0.129. The van der Waals surface area contributed by atoms with Gasteiger partial charge in [0.1, 0.15) is 0 Å². The second-order valence-corrected chi connectivity index (χ2v) is 6.56. The number of hydrogen-bond acceptors (Lipinski definition) is 4. The SMILES string of the molecule is O=C(Nc1cccs1)c1ccc(N(O)C2CCCCC2)cc1. The summed E-state index contributed by atoms with van der Waals surface area (Å²) in [5.41, 5.74) is 1.34. The number of thiophene rings is 1. The van der Waals surface area contributed by atoms with Crippen molar-refractivity contribution in [3.05, 3.63) is 47.3 Å². The van der Waals surface area contributed by atoms with Gasteiger partial charge in [-0.2, -0.15) is 0 Å². The molecule has 22 heavy (non-hydrogen) atoms. The van der Waals surface area contributed by atoms with E-state index in [2.05, 4.69) is 5.32 Å². The monoisotopic (exact) mass is 316 g/mol. The molecule has 1 aliphatic carbocycles. The van der Waals surface area contributed by atoms with Crippen LogP contribution in [0.3, 0.4) is 0 Å². The average molecular weight is 316 g/mol. The third kappa shape index (κ3) is 3.48. The van der Waals surface area contributed by atoms with Gasteiger partial charge in [-0.1, -0.05) is 19.3 Å². The molecule has 4 nitrogen and oxygen atoms in total. The van der Waals surface area contributed by atoms with E-state index in [1.807, 2.05) is 17.5 Å². The van der Waals surface area contributed by atoms with E-state index in [0.29, 0.717) is 5.56 Å². The molecule has 0 atom stereocenters. The van der Waals surface area contributed by atoms with Crippen LogP contribution in [-0.2, 0) is 0 Å². The van der Waals surface area contributed by atoms with E-state index < -0.39 is 0 Å². The van der Waals surface area contributed by atoms with Crippen LogP contribution in [0.5, 0.6) is 0 Å². The highest BCUT2D eigenvalue weighted by Gasteiger charge is 2.20. The van der Waals surface area contributed by atoms with Gasteiger partial charge in [0.05, 0.1) is 16.7 Å². The van der Waals surface area contributed by atoms with Crippen molar-refractivity contribution in [3.63, 3.8) is 0 Å². The number of hydrogen-bond donors (Lipinski definition) is 2. The van der Waals surface area contributed by atoms with E-state index in [0.717, 1.165) is 23.5 Å². The Balaban J connectivity index is 1.65. The number of nitrogens with zero attached hydrogens (tertiary/aromatic N) is 1. The van der Waals surface area contributed by atoms with Gasteiger partial charge >= 0.3 is 0 Å². The Kier molecular flexibility index (Phi) is 4.75. The van der Waals surface area contributed by atoms with E-state index in [-0.39, 0.29) is 11.9 Å². The molecule has 2 N–H and O–H groups in total. The van der Waals surface area contributed by atoms with Gasteiger partial charge in [0.2, 0.25) is 0 Å². The molecule has 0 saturated heterocycles. The Morgan fingerprint density at radius 3 is 2.50 bits per heavy atom. The van der Waals surface area contributed by atoms with Crippen molar-refractivity contribution in [2.45, 2.75) is 38.1 Å². The molecule has 1 amide bonds. The summed E-state index contributed by atoms with van der Waals surface area (Å²) in [4.78, 5) is 12.1. The topological polar surface area (TPSA) is 52.6 Å². The zero-order chi connectivity index (χ0) is 15.4. The highest BCUT2D eigenvalue weighted by Crippen LogP contribution is 2.26. The average Bonchev–Trinajstić information content (AvgIpc) is 3.08. The molecule has 0 aliphatic heterocycles. The lowest BCUT2D eigenvalue weighted by Crippen LogP contribution is -2.33. The predicted octanol–water partition coefficient (Wildman–Crippen LogP) is 4.53. The standard InChI is InChI=1S/C17H20N2O2S/c20-17(18-16-7-4-12-22-16)13-8-10-15(11-9-13)19(21)14-5-2-1-3-6-14/h4,7-12,14,21H,1-3,5-6H2,(H,18,20). The normalized spacial score (nSPS) is 15.5. The summed E-state index contributed by atoms with van der Waals surface area (Å²) < 4.78 is 0. The van der Waals surface area contributed by atoms with Gasteiger partial charge in [0.25, 0.3) is 5.91 Å². The molecule has 1 heterocycles. The van der Waals surface area contributed by atoms with E-state index in [9.17, 15) is 10.0 Å². The zero-order valence-corrected chi connectivity index (χ0v) is 13.2. The summed E-state index contributed by atoms with van der Waals surface area (Å²) in [5, 5.41) is 17.3. The van der Waals surface area contributed by atoms with Crippen LogP contribution in [0.2, 0.25) is 0 Å². The van der Waals surface area contributed by atoms with Crippen LogP contribution in [-0.4, -0.2) is 17.2 Å². The molecule has 116 valence electrons. The molecule has 1 fully saturated rings. The molecule has 0 unspecified atom stereocenters. The van der Waals surface area contributed by atoms with Crippen LogP contribution in [0.4, 0.5) is 10.7 Å². The summed E-state index contributed by atoms with van der Waals surface area (Å²) in [5.74, 6) is -0.129. The lowest BCUT2D eigenvalue weighted by atomic mass is 9.95. The van der Waals surface area contributed by atoms with Crippen molar-refractivity contribution in [1.82, 2.24) is 0 Å². The molecule has 1 saturated carbocycles. The van der Waals surface area contributed by atoms with Crippen LogP contribution in [0.15, 0.2) is 41.8 Å². The number of nitrogens with one attached hydrogen (secondary N) is 1. The fourth-order valence-electron chi connectivity index (χ4n) is 2.84. The number of amides is 1. The minimum Gasteiger partial charge on any atom is -0.314 e. The zero-order valence-electron chi connectivity index (χ0n) is 12.4. The van der Waals surface area contributed by atoms with Crippen LogP contribution in [0.1, 0.15) is 42.5 Å². The second kappa shape index (κ2) is 6.94. The first-order valence-corrected chi connectivity index (χ1v) is 8.55. The molecule has 5 heteroatoms. The Morgan fingerprint density at radius 1 is 1.14 bits per heavy atom. The van der Waals surface area contributed by atoms with Crippen LogP contribution in [0.25, 0.3) is 0 Å². The summed E-state index contributed by atoms with van der Waals surface area (Å²) >= 11 is 1.49. The Labute approximate surface area is 134 Å². The number of anilines is 2.